The average molecular weight is 371 g/mol. The summed E-state index contributed by atoms with van der Waals surface area (Å²) < 4.78 is 51.7. The first-order valence-corrected chi connectivity index (χ1v) is 6.26. The summed E-state index contributed by atoms with van der Waals surface area (Å²) in [5.41, 5.74) is -0.0314. The molecule has 9 heteroatoms. The van der Waals surface area contributed by atoms with Gasteiger partial charge in [-0.1, -0.05) is 27.5 Å². The Morgan fingerprint density at radius 3 is 2.45 bits per heavy atom. The van der Waals surface area contributed by atoms with Gasteiger partial charge in [0.15, 0.2) is 0 Å². The molecule has 0 fully saturated rings. The molecule has 0 saturated heterocycles. The fraction of sp³-hybridized carbons (Fsp3) is 0.0909. The maximum Gasteiger partial charge on any atom is 0.451 e. The van der Waals surface area contributed by atoms with Crippen LogP contribution in [0.4, 0.5) is 29.1 Å². The molecule has 20 heavy (non-hydrogen) atoms. The lowest BCUT2D eigenvalue weighted by Crippen LogP contribution is -2.12. The smallest absolute Gasteiger partial charge is 0.338 e. The predicted molar refractivity (Wildman–Crippen MR) is 69.4 cm³/mol. The molecule has 0 atom stereocenters. The minimum absolute atomic E-state index is 0.0314. The SMILES string of the molecule is Fc1cc(Br)ccc1Nc1cc(Cl)nc(C(F)(F)F)n1. The van der Waals surface area contributed by atoms with Crippen molar-refractivity contribution in [2.24, 2.45) is 0 Å². The molecule has 1 aromatic heterocycles. The number of nitrogens with zero attached hydrogens (tertiary/aromatic N) is 2. The second-order valence-electron chi connectivity index (χ2n) is 3.65. The highest BCUT2D eigenvalue weighted by Gasteiger charge is 2.35. The zero-order chi connectivity index (χ0) is 14.9. The fourth-order valence-corrected chi connectivity index (χ4v) is 1.85. The molecule has 0 aliphatic carbocycles. The van der Waals surface area contributed by atoms with Crippen molar-refractivity contribution in [1.29, 1.82) is 0 Å². The summed E-state index contributed by atoms with van der Waals surface area (Å²) in [4.78, 5) is 6.32. The third-order valence-corrected chi connectivity index (χ3v) is 2.83. The van der Waals surface area contributed by atoms with Crippen LogP contribution in [0.3, 0.4) is 0 Å². The Morgan fingerprint density at radius 2 is 1.85 bits per heavy atom. The molecule has 1 aromatic carbocycles. The van der Waals surface area contributed by atoms with Crippen molar-refractivity contribution < 1.29 is 17.6 Å². The van der Waals surface area contributed by atoms with Crippen molar-refractivity contribution >= 4 is 39.0 Å². The van der Waals surface area contributed by atoms with E-state index >= 15 is 0 Å². The first-order chi connectivity index (χ1) is 9.25. The summed E-state index contributed by atoms with van der Waals surface area (Å²) in [6, 6.07) is 5.11. The predicted octanol–water partition coefficient (Wildman–Crippen LogP) is 4.79. The van der Waals surface area contributed by atoms with E-state index in [-0.39, 0.29) is 11.5 Å². The summed E-state index contributed by atoms with van der Waals surface area (Å²) in [5.74, 6) is -2.30. The van der Waals surface area contributed by atoms with Crippen LogP contribution in [0.2, 0.25) is 5.15 Å². The number of hydrogen-bond acceptors (Lipinski definition) is 3. The van der Waals surface area contributed by atoms with Gasteiger partial charge in [0.25, 0.3) is 0 Å². The quantitative estimate of drug-likeness (QED) is 0.610. The van der Waals surface area contributed by atoms with E-state index in [1.807, 2.05) is 0 Å². The van der Waals surface area contributed by atoms with E-state index in [1.54, 1.807) is 0 Å². The van der Waals surface area contributed by atoms with Gasteiger partial charge in [-0.3, -0.25) is 0 Å². The second kappa shape index (κ2) is 5.53. The molecule has 0 aliphatic heterocycles. The van der Waals surface area contributed by atoms with Crippen LogP contribution in [0.25, 0.3) is 0 Å². The Kier molecular flexibility index (Phi) is 4.14. The van der Waals surface area contributed by atoms with E-state index < -0.39 is 23.0 Å². The molecule has 0 spiro atoms. The van der Waals surface area contributed by atoms with Gasteiger partial charge in [0.2, 0.25) is 5.82 Å². The van der Waals surface area contributed by atoms with Gasteiger partial charge < -0.3 is 5.32 Å². The highest BCUT2D eigenvalue weighted by Crippen LogP contribution is 2.29. The van der Waals surface area contributed by atoms with Crippen molar-refractivity contribution in [3.8, 4) is 0 Å². The van der Waals surface area contributed by atoms with Crippen molar-refractivity contribution in [3.63, 3.8) is 0 Å². The molecule has 0 unspecified atom stereocenters. The average Bonchev–Trinajstić information content (AvgIpc) is 2.31. The van der Waals surface area contributed by atoms with E-state index in [0.29, 0.717) is 4.47 Å². The molecule has 0 aliphatic rings. The Morgan fingerprint density at radius 1 is 1.15 bits per heavy atom. The van der Waals surface area contributed by atoms with Crippen LogP contribution in [0.1, 0.15) is 5.82 Å². The molecule has 0 bridgehead atoms. The number of anilines is 2. The maximum atomic E-state index is 13.6. The Hall–Kier alpha value is -1.41. The second-order valence-corrected chi connectivity index (χ2v) is 4.95. The number of hydrogen-bond donors (Lipinski definition) is 1. The van der Waals surface area contributed by atoms with Crippen LogP contribution in [0.5, 0.6) is 0 Å². The molecule has 106 valence electrons. The lowest BCUT2D eigenvalue weighted by Gasteiger charge is -2.10. The van der Waals surface area contributed by atoms with Crippen molar-refractivity contribution in [1.82, 2.24) is 9.97 Å². The molecule has 1 heterocycles. The van der Waals surface area contributed by atoms with Gasteiger partial charge >= 0.3 is 6.18 Å². The fourth-order valence-electron chi connectivity index (χ4n) is 1.34. The zero-order valence-electron chi connectivity index (χ0n) is 9.47. The number of aromatic nitrogens is 2. The van der Waals surface area contributed by atoms with Gasteiger partial charge in [-0.25, -0.2) is 14.4 Å². The minimum atomic E-state index is -4.74. The molecule has 2 aromatic rings. The molecular formula is C11H5BrClF4N3. The van der Waals surface area contributed by atoms with Crippen LogP contribution in [-0.2, 0) is 6.18 Å². The molecule has 0 amide bonds. The molecular weight excluding hydrogens is 365 g/mol. The lowest BCUT2D eigenvalue weighted by atomic mass is 10.3. The monoisotopic (exact) mass is 369 g/mol. The standard InChI is InChI=1S/C11H5BrClF4N3/c12-5-1-2-7(6(14)3-5)18-9-4-8(13)19-10(20-9)11(15,16)17/h1-4H,(H,18,19,20). The number of alkyl halides is 3. The van der Waals surface area contributed by atoms with Gasteiger partial charge in [-0.2, -0.15) is 13.2 Å². The maximum absolute atomic E-state index is 13.6. The van der Waals surface area contributed by atoms with E-state index in [4.69, 9.17) is 11.6 Å². The summed E-state index contributed by atoms with van der Waals surface area (Å²) in [7, 11) is 0. The molecule has 2 rings (SSSR count). The first-order valence-electron chi connectivity index (χ1n) is 5.09. The third kappa shape index (κ3) is 3.57. The zero-order valence-corrected chi connectivity index (χ0v) is 11.8. The van der Waals surface area contributed by atoms with Crippen molar-refractivity contribution in [2.75, 3.05) is 5.32 Å². The van der Waals surface area contributed by atoms with E-state index in [2.05, 4.69) is 31.2 Å². The van der Waals surface area contributed by atoms with Crippen molar-refractivity contribution in [3.05, 3.63) is 45.5 Å². The van der Waals surface area contributed by atoms with Crippen LogP contribution >= 0.6 is 27.5 Å². The third-order valence-electron chi connectivity index (χ3n) is 2.14. The Balaban J connectivity index is 2.36. The number of rotatable bonds is 2. The van der Waals surface area contributed by atoms with E-state index in [0.717, 1.165) is 12.1 Å². The Labute approximate surface area is 124 Å². The van der Waals surface area contributed by atoms with Gasteiger partial charge in [-0.15, -0.1) is 0 Å². The summed E-state index contributed by atoms with van der Waals surface area (Å²) >= 11 is 8.56. The largest absolute Gasteiger partial charge is 0.451 e. The molecule has 0 radical (unpaired) electrons. The normalized spacial score (nSPS) is 11.5. The Bertz CT molecular complexity index is 648. The molecule has 3 nitrogen and oxygen atoms in total. The van der Waals surface area contributed by atoms with E-state index in [9.17, 15) is 17.6 Å². The number of benzene rings is 1. The minimum Gasteiger partial charge on any atom is -0.338 e. The van der Waals surface area contributed by atoms with Gasteiger partial charge in [-0.05, 0) is 18.2 Å². The topological polar surface area (TPSA) is 37.8 Å². The number of nitrogens with one attached hydrogen (secondary N) is 1. The summed E-state index contributed by atoms with van der Waals surface area (Å²) in [6.45, 7) is 0. The van der Waals surface area contributed by atoms with Crippen molar-refractivity contribution in [2.45, 2.75) is 6.18 Å². The van der Waals surface area contributed by atoms with E-state index in [1.165, 1.54) is 12.1 Å². The van der Waals surface area contributed by atoms with Gasteiger partial charge in [0, 0.05) is 10.5 Å². The first kappa shape index (κ1) is 15.0. The highest BCUT2D eigenvalue weighted by atomic mass is 79.9. The summed E-state index contributed by atoms with van der Waals surface area (Å²) in [5, 5.41) is 2.03. The summed E-state index contributed by atoms with van der Waals surface area (Å²) in [6.07, 6.45) is -4.74. The van der Waals surface area contributed by atoms with Crippen LogP contribution in [0, 0.1) is 5.82 Å². The van der Waals surface area contributed by atoms with Gasteiger partial charge in [0.1, 0.15) is 16.8 Å². The van der Waals surface area contributed by atoms with Crippen LogP contribution in [-0.4, -0.2) is 9.97 Å². The molecule has 0 saturated carbocycles. The van der Waals surface area contributed by atoms with Crippen LogP contribution in [0.15, 0.2) is 28.7 Å². The van der Waals surface area contributed by atoms with Crippen LogP contribution < -0.4 is 5.32 Å². The highest BCUT2D eigenvalue weighted by molar-refractivity contribution is 9.10. The van der Waals surface area contributed by atoms with Gasteiger partial charge in [0.05, 0.1) is 5.69 Å². The molecule has 1 N–H and O–H groups in total. The number of halogens is 6. The lowest BCUT2D eigenvalue weighted by molar-refractivity contribution is -0.144.